The number of phenols is 1. The third-order valence-corrected chi connectivity index (χ3v) is 6.63. The molecule has 32 heavy (non-hydrogen) atoms. The summed E-state index contributed by atoms with van der Waals surface area (Å²) in [5, 5.41) is 10.1. The van der Waals surface area contributed by atoms with Crippen LogP contribution in [0.2, 0.25) is 0 Å². The zero-order valence-electron chi connectivity index (χ0n) is 17.6. The summed E-state index contributed by atoms with van der Waals surface area (Å²) < 4.78 is 18.6. The van der Waals surface area contributed by atoms with Crippen molar-refractivity contribution in [2.75, 3.05) is 13.1 Å². The first-order valence-corrected chi connectivity index (χ1v) is 11.2. The van der Waals surface area contributed by atoms with Crippen molar-refractivity contribution in [3.63, 3.8) is 0 Å². The number of aryl methyl sites for hydroxylation is 1. The maximum Gasteiger partial charge on any atom is 0.265 e. The van der Waals surface area contributed by atoms with Crippen LogP contribution in [0.15, 0.2) is 48.5 Å². The Morgan fingerprint density at radius 2 is 1.78 bits per heavy atom. The van der Waals surface area contributed by atoms with Crippen molar-refractivity contribution >= 4 is 23.0 Å². The second-order valence-electron chi connectivity index (χ2n) is 7.74. The van der Waals surface area contributed by atoms with Gasteiger partial charge in [-0.25, -0.2) is 9.37 Å². The number of aromatic nitrogens is 1. The molecule has 2 heterocycles. The van der Waals surface area contributed by atoms with Gasteiger partial charge in [0.15, 0.2) is 5.78 Å². The molecule has 4 rings (SSSR count). The number of benzene rings is 2. The fourth-order valence-corrected chi connectivity index (χ4v) is 4.68. The molecule has 0 aliphatic carbocycles. The van der Waals surface area contributed by atoms with Gasteiger partial charge in [-0.15, -0.1) is 11.3 Å². The minimum atomic E-state index is -0.330. The van der Waals surface area contributed by atoms with Gasteiger partial charge in [0.2, 0.25) is 0 Å². The molecule has 1 saturated heterocycles. The standard InChI is InChI=1S/C24H23FN2O4S/c1-15-23(32-21(26-15)14-31-20-8-4-18(25)5-9-20)24(30)27-12-10-17(11-13-27)22(29)16-2-6-19(28)7-3-16/h2-9,17,28H,10-14H2,1H3. The minimum absolute atomic E-state index is 0.0475. The number of aromatic hydroxyl groups is 1. The summed E-state index contributed by atoms with van der Waals surface area (Å²) in [6.45, 7) is 3.01. The van der Waals surface area contributed by atoms with Gasteiger partial charge in [-0.2, -0.15) is 0 Å². The van der Waals surface area contributed by atoms with Gasteiger partial charge < -0.3 is 14.7 Å². The second kappa shape index (κ2) is 9.48. The highest BCUT2D eigenvalue weighted by Gasteiger charge is 2.30. The van der Waals surface area contributed by atoms with E-state index in [1.807, 2.05) is 0 Å². The molecule has 0 spiro atoms. The lowest BCUT2D eigenvalue weighted by Crippen LogP contribution is -2.40. The fraction of sp³-hybridized carbons (Fsp3) is 0.292. The number of nitrogens with zero attached hydrogens (tertiary/aromatic N) is 2. The van der Waals surface area contributed by atoms with Gasteiger partial charge >= 0.3 is 0 Å². The molecule has 166 valence electrons. The lowest BCUT2D eigenvalue weighted by Gasteiger charge is -2.31. The van der Waals surface area contributed by atoms with E-state index in [0.29, 0.717) is 52.8 Å². The molecule has 1 fully saturated rings. The number of phenolic OH excluding ortho intramolecular Hbond substituents is 1. The van der Waals surface area contributed by atoms with Crippen molar-refractivity contribution < 1.29 is 23.8 Å². The zero-order chi connectivity index (χ0) is 22.7. The van der Waals surface area contributed by atoms with E-state index in [0.717, 1.165) is 0 Å². The highest BCUT2D eigenvalue weighted by Crippen LogP contribution is 2.27. The smallest absolute Gasteiger partial charge is 0.265 e. The van der Waals surface area contributed by atoms with Crippen LogP contribution in [0.5, 0.6) is 11.5 Å². The number of hydrogen-bond acceptors (Lipinski definition) is 6. The van der Waals surface area contributed by atoms with Crippen LogP contribution in [0.1, 0.15) is 43.6 Å². The van der Waals surface area contributed by atoms with Crippen molar-refractivity contribution in [3.8, 4) is 11.5 Å². The van der Waals surface area contributed by atoms with Gasteiger partial charge in [-0.05, 0) is 68.3 Å². The number of ether oxygens (including phenoxy) is 1. The molecule has 1 N–H and O–H groups in total. The third kappa shape index (κ3) is 4.96. The minimum Gasteiger partial charge on any atom is -0.508 e. The number of halogens is 1. The largest absolute Gasteiger partial charge is 0.508 e. The van der Waals surface area contributed by atoms with E-state index in [9.17, 15) is 19.1 Å². The molecule has 1 aliphatic rings. The molecule has 3 aromatic rings. The van der Waals surface area contributed by atoms with E-state index in [1.54, 1.807) is 36.1 Å². The van der Waals surface area contributed by atoms with E-state index >= 15 is 0 Å². The Morgan fingerprint density at radius 3 is 2.44 bits per heavy atom. The van der Waals surface area contributed by atoms with Gasteiger partial charge in [0, 0.05) is 24.6 Å². The molecule has 0 bridgehead atoms. The van der Waals surface area contributed by atoms with Crippen molar-refractivity contribution in [2.45, 2.75) is 26.4 Å². The molecule has 8 heteroatoms. The van der Waals surface area contributed by atoms with E-state index < -0.39 is 0 Å². The molecule has 2 aromatic carbocycles. The Hall–Kier alpha value is -3.26. The number of thiazole rings is 1. The molecule has 1 amide bonds. The van der Waals surface area contributed by atoms with E-state index in [4.69, 9.17) is 4.74 Å². The van der Waals surface area contributed by atoms with Crippen LogP contribution in [0.4, 0.5) is 4.39 Å². The number of rotatable bonds is 6. The molecule has 1 aromatic heterocycles. The summed E-state index contributed by atoms with van der Waals surface area (Å²) in [6.07, 6.45) is 1.20. The monoisotopic (exact) mass is 454 g/mol. The summed E-state index contributed by atoms with van der Waals surface area (Å²) in [5.74, 6) is 0.168. The number of likely N-dealkylation sites (tertiary alicyclic amines) is 1. The van der Waals surface area contributed by atoms with Crippen LogP contribution in [0.3, 0.4) is 0 Å². The van der Waals surface area contributed by atoms with Gasteiger partial charge in [0.25, 0.3) is 5.91 Å². The van der Waals surface area contributed by atoms with Gasteiger partial charge in [0.05, 0.1) is 5.69 Å². The Balaban J connectivity index is 1.34. The number of carbonyl (C=O) groups is 2. The van der Waals surface area contributed by atoms with Crippen LogP contribution < -0.4 is 4.74 Å². The molecule has 6 nitrogen and oxygen atoms in total. The summed E-state index contributed by atoms with van der Waals surface area (Å²) in [6, 6.07) is 12.0. The van der Waals surface area contributed by atoms with Gasteiger partial charge in [-0.1, -0.05) is 0 Å². The molecule has 1 aliphatic heterocycles. The molecular weight excluding hydrogens is 431 g/mol. The Labute approximate surface area is 189 Å². The van der Waals surface area contributed by atoms with Crippen LogP contribution in [-0.4, -0.2) is 39.8 Å². The number of amides is 1. The van der Waals surface area contributed by atoms with E-state index in [1.165, 1.54) is 35.6 Å². The molecule has 0 atom stereocenters. The first kappa shape index (κ1) is 22.0. The van der Waals surface area contributed by atoms with Crippen molar-refractivity contribution in [1.82, 2.24) is 9.88 Å². The molecule has 0 saturated carbocycles. The SMILES string of the molecule is Cc1nc(COc2ccc(F)cc2)sc1C(=O)N1CCC(C(=O)c2ccc(O)cc2)CC1. The summed E-state index contributed by atoms with van der Waals surface area (Å²) in [4.78, 5) is 32.5. The molecule has 0 unspecified atom stereocenters. The highest BCUT2D eigenvalue weighted by molar-refractivity contribution is 7.13. The van der Waals surface area contributed by atoms with Crippen molar-refractivity contribution in [3.05, 3.63) is 75.5 Å². The maximum atomic E-state index is 13.0. The van der Waals surface area contributed by atoms with Crippen LogP contribution in [0, 0.1) is 18.7 Å². The summed E-state index contributed by atoms with van der Waals surface area (Å²) in [5.41, 5.74) is 1.23. The quantitative estimate of drug-likeness (QED) is 0.550. The zero-order valence-corrected chi connectivity index (χ0v) is 18.4. The average molecular weight is 455 g/mol. The number of ketones is 1. The normalized spacial score (nSPS) is 14.4. The van der Waals surface area contributed by atoms with Crippen molar-refractivity contribution in [1.29, 1.82) is 0 Å². The fourth-order valence-electron chi connectivity index (χ4n) is 3.74. The number of piperidine rings is 1. The predicted octanol–water partition coefficient (Wildman–Crippen LogP) is 4.61. The van der Waals surface area contributed by atoms with Crippen LogP contribution in [0.25, 0.3) is 0 Å². The van der Waals surface area contributed by atoms with E-state index in [-0.39, 0.29) is 35.8 Å². The second-order valence-corrected chi connectivity index (χ2v) is 8.83. The lowest BCUT2D eigenvalue weighted by atomic mass is 9.89. The highest BCUT2D eigenvalue weighted by atomic mass is 32.1. The maximum absolute atomic E-state index is 13.0. The average Bonchev–Trinajstić information content (AvgIpc) is 3.19. The number of hydrogen-bond donors (Lipinski definition) is 1. The lowest BCUT2D eigenvalue weighted by molar-refractivity contribution is 0.0653. The summed E-state index contributed by atoms with van der Waals surface area (Å²) >= 11 is 1.30. The van der Waals surface area contributed by atoms with Crippen molar-refractivity contribution in [2.24, 2.45) is 5.92 Å². The Kier molecular flexibility index (Phi) is 6.50. The molecular formula is C24H23FN2O4S. The Bertz CT molecular complexity index is 1100. The van der Waals surface area contributed by atoms with E-state index in [2.05, 4.69) is 4.98 Å². The number of carbonyl (C=O) groups excluding carboxylic acids is 2. The van der Waals surface area contributed by atoms with Crippen LogP contribution in [-0.2, 0) is 6.61 Å². The topological polar surface area (TPSA) is 79.7 Å². The number of Topliss-reactive ketones (excluding diaryl/α,β-unsaturated/α-hetero) is 1. The summed E-state index contributed by atoms with van der Waals surface area (Å²) in [7, 11) is 0. The third-order valence-electron chi connectivity index (χ3n) is 5.52. The Morgan fingerprint density at radius 1 is 1.12 bits per heavy atom. The molecule has 0 radical (unpaired) electrons. The van der Waals surface area contributed by atoms with Crippen LogP contribution >= 0.6 is 11.3 Å². The van der Waals surface area contributed by atoms with Gasteiger partial charge in [0.1, 0.15) is 33.8 Å². The first-order valence-electron chi connectivity index (χ1n) is 10.4. The predicted molar refractivity (Wildman–Crippen MR) is 119 cm³/mol. The van der Waals surface area contributed by atoms with Gasteiger partial charge in [-0.3, -0.25) is 9.59 Å². The first-order chi connectivity index (χ1) is 15.4.